The van der Waals surface area contributed by atoms with Gasteiger partial charge in [-0.05, 0) is 30.7 Å². The van der Waals surface area contributed by atoms with Gasteiger partial charge in [0.25, 0.3) is 0 Å². The molecule has 1 unspecified atom stereocenters. The van der Waals surface area contributed by atoms with Crippen molar-refractivity contribution in [3.63, 3.8) is 0 Å². The fraction of sp³-hybridized carbons (Fsp3) is 0.917. The maximum absolute atomic E-state index is 11.5. The first-order valence-electron chi connectivity index (χ1n) is 5.80. The molecule has 0 heterocycles. The zero-order valence-corrected chi connectivity index (χ0v) is 10.3. The van der Waals surface area contributed by atoms with E-state index in [1.54, 1.807) is 0 Å². The fourth-order valence-corrected chi connectivity index (χ4v) is 2.53. The highest BCUT2D eigenvalue weighted by molar-refractivity contribution is 5.80. The summed E-state index contributed by atoms with van der Waals surface area (Å²) in [5.41, 5.74) is -0.856. The van der Waals surface area contributed by atoms with Crippen LogP contribution in [0.4, 0.5) is 0 Å². The van der Waals surface area contributed by atoms with Crippen molar-refractivity contribution in [2.45, 2.75) is 52.5 Å². The Kier molecular flexibility index (Phi) is 3.44. The van der Waals surface area contributed by atoms with Gasteiger partial charge in [-0.3, -0.25) is 4.79 Å². The molecule has 3 heteroatoms. The molecule has 0 spiro atoms. The summed E-state index contributed by atoms with van der Waals surface area (Å²) in [5.74, 6) is -0.205. The summed E-state index contributed by atoms with van der Waals surface area (Å²) >= 11 is 0. The first-order valence-corrected chi connectivity index (χ1v) is 5.80. The number of hydrogen-bond donors (Lipinski definition) is 2. The number of nitrogens with one attached hydrogen (secondary N) is 1. The van der Waals surface area contributed by atoms with Gasteiger partial charge in [-0.25, -0.2) is 0 Å². The van der Waals surface area contributed by atoms with Crippen molar-refractivity contribution < 1.29 is 9.90 Å². The van der Waals surface area contributed by atoms with E-state index < -0.39 is 11.5 Å². The average molecular weight is 213 g/mol. The van der Waals surface area contributed by atoms with Gasteiger partial charge in [0.05, 0.1) is 0 Å². The number of carboxylic acid groups (broad SMARTS) is 1. The van der Waals surface area contributed by atoms with Crippen LogP contribution in [-0.4, -0.2) is 23.2 Å². The van der Waals surface area contributed by atoms with E-state index in [2.05, 4.69) is 33.0 Å². The zero-order valence-electron chi connectivity index (χ0n) is 10.3. The number of hydrogen-bond acceptors (Lipinski definition) is 2. The molecule has 1 atom stereocenters. The topological polar surface area (TPSA) is 49.3 Å². The van der Waals surface area contributed by atoms with Crippen molar-refractivity contribution in [2.24, 2.45) is 11.3 Å². The van der Waals surface area contributed by atoms with E-state index in [1.807, 2.05) is 0 Å². The summed E-state index contributed by atoms with van der Waals surface area (Å²) in [6.07, 6.45) is 2.75. The number of carboxylic acids is 1. The van der Waals surface area contributed by atoms with Gasteiger partial charge in [-0.15, -0.1) is 0 Å². The van der Waals surface area contributed by atoms with Crippen LogP contribution in [0.1, 0.15) is 47.0 Å². The van der Waals surface area contributed by atoms with E-state index in [-0.39, 0.29) is 5.41 Å². The van der Waals surface area contributed by atoms with E-state index in [0.717, 1.165) is 25.8 Å². The van der Waals surface area contributed by atoms with Gasteiger partial charge in [0.1, 0.15) is 5.54 Å². The van der Waals surface area contributed by atoms with Crippen molar-refractivity contribution in [3.05, 3.63) is 0 Å². The van der Waals surface area contributed by atoms with E-state index >= 15 is 0 Å². The molecule has 0 aliphatic heterocycles. The highest BCUT2D eigenvalue weighted by Crippen LogP contribution is 2.46. The Bertz CT molecular complexity index is 248. The minimum atomic E-state index is -0.711. The maximum atomic E-state index is 11.5. The standard InChI is InChI=1S/C12H23NO2/c1-9(2)8-13-12(10(14)15)7-5-6-11(12,3)4/h9,13H,5-8H2,1-4H3,(H,14,15). The number of carbonyl (C=O) groups is 1. The van der Waals surface area contributed by atoms with Gasteiger partial charge in [-0.1, -0.05) is 34.1 Å². The molecule has 3 nitrogen and oxygen atoms in total. The lowest BCUT2D eigenvalue weighted by molar-refractivity contribution is -0.149. The SMILES string of the molecule is CC(C)CNC1(C(=O)O)CCCC1(C)C. The van der Waals surface area contributed by atoms with Gasteiger partial charge in [0, 0.05) is 0 Å². The van der Waals surface area contributed by atoms with Crippen LogP contribution in [0.15, 0.2) is 0 Å². The van der Waals surface area contributed by atoms with E-state index in [4.69, 9.17) is 0 Å². The molecule has 0 aromatic rings. The van der Waals surface area contributed by atoms with Crippen molar-refractivity contribution >= 4 is 5.97 Å². The molecular formula is C12H23NO2. The lowest BCUT2D eigenvalue weighted by Gasteiger charge is -2.39. The Morgan fingerprint density at radius 1 is 1.40 bits per heavy atom. The van der Waals surface area contributed by atoms with Crippen LogP contribution in [0.2, 0.25) is 0 Å². The minimum absolute atomic E-state index is 0.145. The number of aliphatic carboxylic acids is 1. The molecule has 15 heavy (non-hydrogen) atoms. The second kappa shape index (κ2) is 4.12. The van der Waals surface area contributed by atoms with Crippen molar-refractivity contribution in [1.82, 2.24) is 5.32 Å². The summed E-state index contributed by atoms with van der Waals surface area (Å²) in [7, 11) is 0. The molecular weight excluding hydrogens is 190 g/mol. The van der Waals surface area contributed by atoms with Crippen molar-refractivity contribution in [1.29, 1.82) is 0 Å². The molecule has 88 valence electrons. The van der Waals surface area contributed by atoms with Crippen LogP contribution in [0, 0.1) is 11.3 Å². The van der Waals surface area contributed by atoms with Crippen LogP contribution in [0.3, 0.4) is 0 Å². The largest absolute Gasteiger partial charge is 0.480 e. The molecule has 0 aromatic heterocycles. The molecule has 0 radical (unpaired) electrons. The first-order chi connectivity index (χ1) is 6.82. The normalized spacial score (nSPS) is 29.7. The smallest absolute Gasteiger partial charge is 0.324 e. The van der Waals surface area contributed by atoms with Gasteiger partial charge < -0.3 is 10.4 Å². The van der Waals surface area contributed by atoms with Gasteiger partial charge >= 0.3 is 5.97 Å². The zero-order chi connectivity index (χ0) is 11.7. The molecule has 1 fully saturated rings. The molecule has 0 bridgehead atoms. The third kappa shape index (κ3) is 2.17. The molecule has 0 saturated heterocycles. The molecule has 1 saturated carbocycles. The molecule has 1 aliphatic carbocycles. The molecule has 0 aromatic carbocycles. The summed E-state index contributed by atoms with van der Waals surface area (Å²) in [4.78, 5) is 11.5. The summed E-state index contributed by atoms with van der Waals surface area (Å²) < 4.78 is 0. The third-order valence-electron chi connectivity index (χ3n) is 3.69. The predicted octanol–water partition coefficient (Wildman–Crippen LogP) is 2.27. The average Bonchev–Trinajstić information content (AvgIpc) is 2.38. The van der Waals surface area contributed by atoms with Crippen LogP contribution >= 0.6 is 0 Å². The van der Waals surface area contributed by atoms with Gasteiger partial charge in [-0.2, -0.15) is 0 Å². The van der Waals surface area contributed by atoms with E-state index in [9.17, 15) is 9.90 Å². The van der Waals surface area contributed by atoms with Gasteiger partial charge in [0.2, 0.25) is 0 Å². The second-order valence-electron chi connectivity index (χ2n) is 5.72. The van der Waals surface area contributed by atoms with Crippen LogP contribution < -0.4 is 5.32 Å². The molecule has 2 N–H and O–H groups in total. The van der Waals surface area contributed by atoms with Crippen molar-refractivity contribution in [3.8, 4) is 0 Å². The van der Waals surface area contributed by atoms with E-state index in [0.29, 0.717) is 5.92 Å². The Hall–Kier alpha value is -0.570. The molecule has 0 amide bonds. The Morgan fingerprint density at radius 2 is 2.00 bits per heavy atom. The quantitative estimate of drug-likeness (QED) is 0.753. The summed E-state index contributed by atoms with van der Waals surface area (Å²) in [6, 6.07) is 0. The molecule has 1 rings (SSSR count). The van der Waals surface area contributed by atoms with Gasteiger partial charge in [0.15, 0.2) is 0 Å². The molecule has 1 aliphatic rings. The highest BCUT2D eigenvalue weighted by atomic mass is 16.4. The monoisotopic (exact) mass is 213 g/mol. The second-order valence-corrected chi connectivity index (χ2v) is 5.72. The third-order valence-corrected chi connectivity index (χ3v) is 3.69. The van der Waals surface area contributed by atoms with Crippen molar-refractivity contribution in [2.75, 3.05) is 6.54 Å². The lowest BCUT2D eigenvalue weighted by Crippen LogP contribution is -2.59. The maximum Gasteiger partial charge on any atom is 0.324 e. The summed E-state index contributed by atoms with van der Waals surface area (Å²) in [5, 5.41) is 12.7. The highest BCUT2D eigenvalue weighted by Gasteiger charge is 2.54. The van der Waals surface area contributed by atoms with Crippen LogP contribution in [0.25, 0.3) is 0 Å². The van der Waals surface area contributed by atoms with E-state index in [1.165, 1.54) is 0 Å². The number of rotatable bonds is 4. The Morgan fingerprint density at radius 3 is 2.33 bits per heavy atom. The first kappa shape index (κ1) is 12.5. The lowest BCUT2D eigenvalue weighted by atomic mass is 9.74. The van der Waals surface area contributed by atoms with Crippen LogP contribution in [0.5, 0.6) is 0 Å². The fourth-order valence-electron chi connectivity index (χ4n) is 2.53. The minimum Gasteiger partial charge on any atom is -0.480 e. The summed E-state index contributed by atoms with van der Waals surface area (Å²) in [6.45, 7) is 9.09. The predicted molar refractivity (Wildman–Crippen MR) is 60.8 cm³/mol. The Balaban J connectivity index is 2.84. The van der Waals surface area contributed by atoms with Crippen LogP contribution in [-0.2, 0) is 4.79 Å². The Labute approximate surface area is 92.3 Å².